The molecule has 3 N–H and O–H groups in total. The summed E-state index contributed by atoms with van der Waals surface area (Å²) in [4.78, 5) is 4.54. The maximum atomic E-state index is 12.9. The number of guanidine groups is 1. The minimum absolute atomic E-state index is 0.171. The molecule has 0 atom stereocenters. The molecule has 0 amide bonds. The van der Waals surface area contributed by atoms with Crippen LogP contribution in [0.2, 0.25) is 0 Å². The van der Waals surface area contributed by atoms with E-state index in [1.165, 1.54) is 43.4 Å². The normalized spacial score (nSPS) is 27.4. The first kappa shape index (κ1) is 13.4. The van der Waals surface area contributed by atoms with Gasteiger partial charge in [-0.2, -0.15) is 0 Å². The van der Waals surface area contributed by atoms with Crippen LogP contribution in [0.5, 0.6) is 0 Å². The summed E-state index contributed by atoms with van der Waals surface area (Å²) in [5, 5.41) is 3.31. The summed E-state index contributed by atoms with van der Waals surface area (Å²) in [6, 6.07) is 7.67. The smallest absolute Gasteiger partial charge is 0.189 e. The molecular formula is C16H22FN3. The molecule has 2 fully saturated rings. The monoisotopic (exact) mass is 275 g/mol. The molecule has 2 saturated carbocycles. The second-order valence-corrected chi connectivity index (χ2v) is 6.01. The van der Waals surface area contributed by atoms with Gasteiger partial charge >= 0.3 is 0 Å². The molecule has 0 saturated heterocycles. The van der Waals surface area contributed by atoms with Crippen molar-refractivity contribution in [2.75, 3.05) is 0 Å². The zero-order valence-electron chi connectivity index (χ0n) is 11.7. The van der Waals surface area contributed by atoms with Crippen LogP contribution in [0.3, 0.4) is 0 Å². The highest BCUT2D eigenvalue weighted by Crippen LogP contribution is 2.36. The van der Waals surface area contributed by atoms with Crippen molar-refractivity contribution in [3.63, 3.8) is 0 Å². The highest BCUT2D eigenvalue weighted by atomic mass is 19.1. The standard InChI is InChI=1S/C16H22FN3/c17-13-7-5-11(6-8-13)12-9-15(10-12)20-16(18)19-14-3-1-2-4-14/h5-8,12,14-15H,1-4,9-10H2,(H3,18,19,20). The molecule has 0 spiro atoms. The SMILES string of the molecule is NC(=NC1CCCC1)NC1CC(c2ccc(F)cc2)C1. The zero-order valence-corrected chi connectivity index (χ0v) is 11.7. The van der Waals surface area contributed by atoms with Gasteiger partial charge in [0.1, 0.15) is 5.82 Å². The van der Waals surface area contributed by atoms with Crippen LogP contribution >= 0.6 is 0 Å². The lowest BCUT2D eigenvalue weighted by molar-refractivity contribution is 0.323. The fraction of sp³-hybridized carbons (Fsp3) is 0.562. The Kier molecular flexibility index (Phi) is 3.90. The van der Waals surface area contributed by atoms with E-state index in [2.05, 4.69) is 10.3 Å². The topological polar surface area (TPSA) is 50.4 Å². The van der Waals surface area contributed by atoms with Gasteiger partial charge in [-0.15, -0.1) is 0 Å². The second kappa shape index (κ2) is 5.81. The fourth-order valence-corrected chi connectivity index (χ4v) is 3.22. The predicted octanol–water partition coefficient (Wildman–Crippen LogP) is 2.92. The lowest BCUT2D eigenvalue weighted by Gasteiger charge is -2.36. The molecule has 0 bridgehead atoms. The Hall–Kier alpha value is -1.58. The highest BCUT2D eigenvalue weighted by Gasteiger charge is 2.30. The van der Waals surface area contributed by atoms with Crippen molar-refractivity contribution in [1.82, 2.24) is 5.32 Å². The number of hydrogen-bond donors (Lipinski definition) is 2. The molecule has 1 aromatic carbocycles. The van der Waals surface area contributed by atoms with Crippen LogP contribution in [0.15, 0.2) is 29.3 Å². The van der Waals surface area contributed by atoms with Gasteiger partial charge in [-0.3, -0.25) is 4.99 Å². The summed E-state index contributed by atoms with van der Waals surface area (Å²) in [5.74, 6) is 0.947. The van der Waals surface area contributed by atoms with Crippen molar-refractivity contribution in [3.05, 3.63) is 35.6 Å². The van der Waals surface area contributed by atoms with Crippen molar-refractivity contribution in [2.24, 2.45) is 10.7 Å². The van der Waals surface area contributed by atoms with E-state index in [4.69, 9.17) is 5.73 Å². The number of benzene rings is 1. The van der Waals surface area contributed by atoms with Crippen molar-refractivity contribution in [3.8, 4) is 0 Å². The van der Waals surface area contributed by atoms with Crippen LogP contribution in [-0.4, -0.2) is 18.0 Å². The Bertz CT molecular complexity index is 471. The predicted molar refractivity (Wildman–Crippen MR) is 79.2 cm³/mol. The largest absolute Gasteiger partial charge is 0.370 e. The summed E-state index contributed by atoms with van der Waals surface area (Å²) in [5.41, 5.74) is 7.18. The molecule has 1 aromatic rings. The van der Waals surface area contributed by atoms with Gasteiger partial charge in [0, 0.05) is 6.04 Å². The fourth-order valence-electron chi connectivity index (χ4n) is 3.22. The van der Waals surface area contributed by atoms with Crippen LogP contribution in [0.1, 0.15) is 50.0 Å². The Morgan fingerprint density at radius 2 is 1.80 bits per heavy atom. The third-order valence-electron chi connectivity index (χ3n) is 4.48. The quantitative estimate of drug-likeness (QED) is 0.658. The van der Waals surface area contributed by atoms with Crippen LogP contribution in [0.4, 0.5) is 4.39 Å². The van der Waals surface area contributed by atoms with E-state index in [1.807, 2.05) is 12.1 Å². The Morgan fingerprint density at radius 1 is 1.15 bits per heavy atom. The average Bonchev–Trinajstić information content (AvgIpc) is 2.87. The minimum Gasteiger partial charge on any atom is -0.370 e. The number of hydrogen-bond acceptors (Lipinski definition) is 1. The van der Waals surface area contributed by atoms with E-state index in [1.54, 1.807) is 0 Å². The van der Waals surface area contributed by atoms with Crippen LogP contribution < -0.4 is 11.1 Å². The Morgan fingerprint density at radius 3 is 2.45 bits per heavy atom. The summed E-state index contributed by atoms with van der Waals surface area (Å²) in [6.07, 6.45) is 6.99. The molecule has 20 heavy (non-hydrogen) atoms. The second-order valence-electron chi connectivity index (χ2n) is 6.01. The molecule has 2 aliphatic rings. The van der Waals surface area contributed by atoms with E-state index in [0.29, 0.717) is 24.0 Å². The van der Waals surface area contributed by atoms with E-state index in [0.717, 1.165) is 12.8 Å². The van der Waals surface area contributed by atoms with Gasteiger partial charge < -0.3 is 11.1 Å². The van der Waals surface area contributed by atoms with Gasteiger partial charge in [0.2, 0.25) is 0 Å². The maximum Gasteiger partial charge on any atom is 0.189 e. The third-order valence-corrected chi connectivity index (χ3v) is 4.48. The first-order chi connectivity index (χ1) is 9.70. The highest BCUT2D eigenvalue weighted by molar-refractivity contribution is 5.78. The summed E-state index contributed by atoms with van der Waals surface area (Å²) in [6.45, 7) is 0. The minimum atomic E-state index is -0.171. The lowest BCUT2D eigenvalue weighted by atomic mass is 9.76. The molecule has 2 aliphatic carbocycles. The van der Waals surface area contributed by atoms with Crippen molar-refractivity contribution < 1.29 is 4.39 Å². The molecule has 0 unspecified atom stereocenters. The van der Waals surface area contributed by atoms with Gasteiger partial charge in [-0.05, 0) is 49.3 Å². The first-order valence-electron chi connectivity index (χ1n) is 7.56. The lowest BCUT2D eigenvalue weighted by Crippen LogP contribution is -2.47. The molecule has 108 valence electrons. The van der Waals surface area contributed by atoms with Gasteiger partial charge in [0.05, 0.1) is 6.04 Å². The first-order valence-corrected chi connectivity index (χ1v) is 7.56. The van der Waals surface area contributed by atoms with Gasteiger partial charge in [-0.1, -0.05) is 25.0 Å². The van der Waals surface area contributed by atoms with Crippen LogP contribution in [-0.2, 0) is 0 Å². The Balaban J connectivity index is 1.47. The Labute approximate surface area is 119 Å². The molecule has 0 aliphatic heterocycles. The zero-order chi connectivity index (χ0) is 13.9. The molecule has 0 radical (unpaired) electrons. The van der Waals surface area contributed by atoms with Crippen LogP contribution in [0.25, 0.3) is 0 Å². The van der Waals surface area contributed by atoms with Crippen molar-refractivity contribution >= 4 is 5.96 Å². The molecular weight excluding hydrogens is 253 g/mol. The van der Waals surface area contributed by atoms with Gasteiger partial charge in [0.25, 0.3) is 0 Å². The molecule has 3 rings (SSSR count). The number of halogens is 1. The molecule has 0 aromatic heterocycles. The van der Waals surface area contributed by atoms with E-state index < -0.39 is 0 Å². The summed E-state index contributed by atoms with van der Waals surface area (Å²) < 4.78 is 12.9. The number of nitrogens with zero attached hydrogens (tertiary/aromatic N) is 1. The average molecular weight is 275 g/mol. The van der Waals surface area contributed by atoms with E-state index >= 15 is 0 Å². The number of rotatable bonds is 3. The molecule has 4 heteroatoms. The summed E-state index contributed by atoms with van der Waals surface area (Å²) >= 11 is 0. The van der Waals surface area contributed by atoms with Crippen molar-refractivity contribution in [2.45, 2.75) is 56.5 Å². The van der Waals surface area contributed by atoms with E-state index in [-0.39, 0.29) is 5.82 Å². The number of aliphatic imine (C=N–C) groups is 1. The van der Waals surface area contributed by atoms with Gasteiger partial charge in [-0.25, -0.2) is 4.39 Å². The molecule has 3 nitrogen and oxygen atoms in total. The number of nitrogens with one attached hydrogen (secondary N) is 1. The third kappa shape index (κ3) is 3.11. The molecule has 0 heterocycles. The summed E-state index contributed by atoms with van der Waals surface area (Å²) in [7, 11) is 0. The van der Waals surface area contributed by atoms with Crippen molar-refractivity contribution in [1.29, 1.82) is 0 Å². The maximum absolute atomic E-state index is 12.9. The van der Waals surface area contributed by atoms with Crippen LogP contribution in [0, 0.1) is 5.82 Å². The number of nitrogens with two attached hydrogens (primary N) is 1. The van der Waals surface area contributed by atoms with Gasteiger partial charge in [0.15, 0.2) is 5.96 Å². The van der Waals surface area contributed by atoms with E-state index in [9.17, 15) is 4.39 Å².